The van der Waals surface area contributed by atoms with E-state index >= 15 is 0 Å². The van der Waals surface area contributed by atoms with Gasteiger partial charge in [0.05, 0.1) is 7.11 Å². The highest BCUT2D eigenvalue weighted by atomic mass is 127. The number of esters is 1. The first-order chi connectivity index (χ1) is 8.04. The van der Waals surface area contributed by atoms with Gasteiger partial charge in [-0.3, -0.25) is 4.79 Å². The molecule has 17 heavy (non-hydrogen) atoms. The van der Waals surface area contributed by atoms with Gasteiger partial charge in [0, 0.05) is 13.1 Å². The summed E-state index contributed by atoms with van der Waals surface area (Å²) in [5, 5.41) is 3.15. The van der Waals surface area contributed by atoms with Gasteiger partial charge < -0.3 is 10.1 Å². The van der Waals surface area contributed by atoms with Crippen LogP contribution in [-0.4, -0.2) is 23.5 Å². The minimum Gasteiger partial charge on any atom is -0.468 e. The third-order valence-electron chi connectivity index (χ3n) is 2.40. The smallest absolute Gasteiger partial charge is 0.319 e. The second-order valence-corrected chi connectivity index (χ2v) is 5.20. The second-order valence-electron chi connectivity index (χ2n) is 3.69. The Morgan fingerprint density at radius 1 is 1.59 bits per heavy atom. The maximum atomic E-state index is 12.9. The van der Waals surface area contributed by atoms with E-state index in [1.165, 1.54) is 19.2 Å². The van der Waals surface area contributed by atoms with Gasteiger partial charge in [-0.05, 0) is 30.2 Å². The quantitative estimate of drug-likeness (QED) is 0.502. The summed E-state index contributed by atoms with van der Waals surface area (Å²) >= 11 is 2.03. The van der Waals surface area contributed by atoms with Crippen LogP contribution in [0, 0.1) is 12.7 Å². The van der Waals surface area contributed by atoms with Gasteiger partial charge in [0.25, 0.3) is 0 Å². The minimum absolute atomic E-state index is 0.210. The van der Waals surface area contributed by atoms with E-state index in [2.05, 4.69) is 10.1 Å². The summed E-state index contributed by atoms with van der Waals surface area (Å²) in [4.78, 5) is 11.1. The highest BCUT2D eigenvalue weighted by molar-refractivity contribution is 14.1. The van der Waals surface area contributed by atoms with Gasteiger partial charge in [-0.15, -0.1) is 0 Å². The van der Waals surface area contributed by atoms with E-state index in [0.717, 1.165) is 11.1 Å². The van der Waals surface area contributed by atoms with Gasteiger partial charge in [-0.2, -0.15) is 0 Å². The van der Waals surface area contributed by atoms with E-state index in [4.69, 9.17) is 0 Å². The first-order valence-electron chi connectivity index (χ1n) is 5.22. The SMILES string of the molecule is COC(=O)C(I)CNCc1ccc(F)cc1C. The molecule has 0 bridgehead atoms. The summed E-state index contributed by atoms with van der Waals surface area (Å²) in [6.07, 6.45) is 0. The molecule has 0 radical (unpaired) electrons. The average molecular weight is 351 g/mol. The number of ether oxygens (including phenoxy) is 1. The van der Waals surface area contributed by atoms with E-state index < -0.39 is 0 Å². The van der Waals surface area contributed by atoms with Crippen LogP contribution in [0.4, 0.5) is 4.39 Å². The van der Waals surface area contributed by atoms with Gasteiger partial charge in [0.2, 0.25) is 0 Å². The highest BCUT2D eigenvalue weighted by Crippen LogP contribution is 2.10. The van der Waals surface area contributed by atoms with Crippen LogP contribution in [0.5, 0.6) is 0 Å². The van der Waals surface area contributed by atoms with Crippen molar-refractivity contribution in [2.45, 2.75) is 17.4 Å². The number of hydrogen-bond acceptors (Lipinski definition) is 3. The summed E-state index contributed by atoms with van der Waals surface area (Å²) < 4.78 is 17.3. The van der Waals surface area contributed by atoms with Crippen molar-refractivity contribution in [3.05, 3.63) is 35.1 Å². The standard InChI is InChI=1S/C12H15FINO2/c1-8-5-10(13)4-3-9(8)6-15-7-11(14)12(16)17-2/h3-5,11,15H,6-7H2,1-2H3. The highest BCUT2D eigenvalue weighted by Gasteiger charge is 2.14. The number of nitrogens with one attached hydrogen (secondary N) is 1. The molecule has 0 heterocycles. The fourth-order valence-electron chi connectivity index (χ4n) is 1.40. The second kappa shape index (κ2) is 6.90. The molecule has 1 atom stereocenters. The van der Waals surface area contributed by atoms with E-state index in [0.29, 0.717) is 13.1 Å². The summed E-state index contributed by atoms with van der Waals surface area (Å²) in [5.41, 5.74) is 1.93. The zero-order valence-electron chi connectivity index (χ0n) is 9.80. The van der Waals surface area contributed by atoms with Gasteiger partial charge in [-0.1, -0.05) is 28.7 Å². The van der Waals surface area contributed by atoms with Crippen molar-refractivity contribution in [2.24, 2.45) is 0 Å². The number of carbonyl (C=O) groups is 1. The molecule has 0 amide bonds. The summed E-state index contributed by atoms with van der Waals surface area (Å²) in [5.74, 6) is -0.471. The van der Waals surface area contributed by atoms with Gasteiger partial charge in [0.15, 0.2) is 0 Å². The van der Waals surface area contributed by atoms with E-state index in [1.807, 2.05) is 29.5 Å². The number of alkyl halides is 1. The molecule has 1 aromatic rings. The summed E-state index contributed by atoms with van der Waals surface area (Å²) in [6.45, 7) is 3.01. The van der Waals surface area contributed by atoms with Gasteiger partial charge in [-0.25, -0.2) is 4.39 Å². The van der Waals surface area contributed by atoms with Crippen molar-refractivity contribution in [2.75, 3.05) is 13.7 Å². The molecule has 1 unspecified atom stereocenters. The van der Waals surface area contributed by atoms with Crippen LogP contribution < -0.4 is 5.32 Å². The summed E-state index contributed by atoms with van der Waals surface area (Å²) in [6, 6.07) is 4.68. The molecule has 0 saturated carbocycles. The van der Waals surface area contributed by atoms with Crippen LogP contribution >= 0.6 is 22.6 Å². The lowest BCUT2D eigenvalue weighted by atomic mass is 10.1. The molecule has 0 aliphatic carbocycles. The van der Waals surface area contributed by atoms with Crippen LogP contribution in [0.3, 0.4) is 0 Å². The molecule has 0 aliphatic rings. The third kappa shape index (κ3) is 4.59. The molecule has 94 valence electrons. The van der Waals surface area contributed by atoms with E-state index in [9.17, 15) is 9.18 Å². The minimum atomic E-state index is -0.242. The largest absolute Gasteiger partial charge is 0.468 e. The van der Waals surface area contributed by atoms with Crippen LogP contribution in [0.15, 0.2) is 18.2 Å². The normalized spacial score (nSPS) is 12.2. The lowest BCUT2D eigenvalue weighted by molar-refractivity contribution is -0.139. The lowest BCUT2D eigenvalue weighted by Crippen LogP contribution is -2.29. The molecule has 0 saturated heterocycles. The molecule has 0 spiro atoms. The van der Waals surface area contributed by atoms with Crippen molar-refractivity contribution >= 4 is 28.6 Å². The number of carbonyl (C=O) groups excluding carboxylic acids is 1. The van der Waals surface area contributed by atoms with Crippen molar-refractivity contribution in [1.82, 2.24) is 5.32 Å². The molecule has 1 rings (SSSR count). The number of hydrogen-bond donors (Lipinski definition) is 1. The Morgan fingerprint density at radius 2 is 2.29 bits per heavy atom. The van der Waals surface area contributed by atoms with Gasteiger partial charge >= 0.3 is 5.97 Å². The first kappa shape index (κ1) is 14.4. The van der Waals surface area contributed by atoms with Crippen molar-refractivity contribution in [3.63, 3.8) is 0 Å². The Balaban J connectivity index is 2.43. The Morgan fingerprint density at radius 3 is 2.88 bits per heavy atom. The number of halogens is 2. The fraction of sp³-hybridized carbons (Fsp3) is 0.417. The average Bonchev–Trinajstić information content (AvgIpc) is 2.30. The number of aryl methyl sites for hydroxylation is 1. The molecular formula is C12H15FINO2. The number of methoxy groups -OCH3 is 1. The maximum absolute atomic E-state index is 12.9. The van der Waals surface area contributed by atoms with Crippen LogP contribution in [0.1, 0.15) is 11.1 Å². The van der Waals surface area contributed by atoms with Crippen LogP contribution in [0.2, 0.25) is 0 Å². The predicted molar refractivity (Wildman–Crippen MR) is 72.7 cm³/mol. The maximum Gasteiger partial charge on any atom is 0.319 e. The van der Waals surface area contributed by atoms with Crippen LogP contribution in [0.25, 0.3) is 0 Å². The lowest BCUT2D eigenvalue weighted by Gasteiger charge is -2.10. The summed E-state index contributed by atoms with van der Waals surface area (Å²) in [7, 11) is 1.37. The van der Waals surface area contributed by atoms with E-state index in [-0.39, 0.29) is 15.7 Å². The Hall–Kier alpha value is -0.690. The topological polar surface area (TPSA) is 38.3 Å². The Kier molecular flexibility index (Phi) is 5.84. The van der Waals surface area contributed by atoms with Crippen LogP contribution in [-0.2, 0) is 16.1 Å². The Bertz CT molecular complexity index is 398. The molecule has 3 nitrogen and oxygen atoms in total. The zero-order valence-corrected chi connectivity index (χ0v) is 12.0. The monoisotopic (exact) mass is 351 g/mol. The first-order valence-corrected chi connectivity index (χ1v) is 6.46. The van der Waals surface area contributed by atoms with Crippen molar-refractivity contribution in [3.8, 4) is 0 Å². The van der Waals surface area contributed by atoms with E-state index in [1.54, 1.807) is 6.07 Å². The fourth-order valence-corrected chi connectivity index (χ4v) is 1.97. The molecule has 0 aliphatic heterocycles. The molecule has 1 N–H and O–H groups in total. The zero-order chi connectivity index (χ0) is 12.8. The van der Waals surface area contributed by atoms with Crippen molar-refractivity contribution < 1.29 is 13.9 Å². The molecular weight excluding hydrogens is 336 g/mol. The molecule has 0 fully saturated rings. The molecule has 1 aromatic carbocycles. The number of rotatable bonds is 5. The third-order valence-corrected chi connectivity index (χ3v) is 3.35. The molecule has 0 aromatic heterocycles. The van der Waals surface area contributed by atoms with Gasteiger partial charge in [0.1, 0.15) is 9.74 Å². The number of benzene rings is 1. The van der Waals surface area contributed by atoms with Crippen molar-refractivity contribution in [1.29, 1.82) is 0 Å². The Labute approximate surface area is 114 Å². The molecule has 5 heteroatoms. The predicted octanol–water partition coefficient (Wildman–Crippen LogP) is 2.20.